The van der Waals surface area contributed by atoms with Gasteiger partial charge in [-0.2, -0.15) is 0 Å². The first-order valence-corrected chi connectivity index (χ1v) is 5.19. The van der Waals surface area contributed by atoms with E-state index in [1.807, 2.05) is 4.90 Å². The number of carbonyl (C=O) groups excluding carboxylic acids is 1. The molecule has 1 aliphatic rings. The van der Waals surface area contributed by atoms with Crippen LogP contribution in [-0.2, 0) is 4.79 Å². The molecule has 1 unspecified atom stereocenters. The van der Waals surface area contributed by atoms with Gasteiger partial charge < -0.3 is 4.90 Å². The summed E-state index contributed by atoms with van der Waals surface area (Å²) in [5, 5.41) is 0. The van der Waals surface area contributed by atoms with E-state index < -0.39 is 0 Å². The first-order chi connectivity index (χ1) is 5.90. The van der Waals surface area contributed by atoms with Crippen LogP contribution in [0.15, 0.2) is 0 Å². The van der Waals surface area contributed by atoms with E-state index in [1.165, 1.54) is 12.8 Å². The number of hydrogen-bond donors (Lipinski definition) is 0. The first kappa shape index (κ1) is 10.6. The van der Waals surface area contributed by atoms with Gasteiger partial charge in [0.15, 0.2) is 0 Å². The van der Waals surface area contributed by atoms with Crippen molar-refractivity contribution in [3.63, 3.8) is 0 Å². The van der Waals surface area contributed by atoms with Crippen LogP contribution in [0.1, 0.15) is 47.0 Å². The van der Waals surface area contributed by atoms with Crippen LogP contribution in [0.2, 0.25) is 0 Å². The molecule has 0 aromatic heterocycles. The maximum atomic E-state index is 11.8. The maximum absolute atomic E-state index is 11.8. The van der Waals surface area contributed by atoms with Gasteiger partial charge in [-0.25, -0.2) is 0 Å². The summed E-state index contributed by atoms with van der Waals surface area (Å²) >= 11 is 0. The normalized spacial score (nSPS) is 23.7. The number of amides is 1. The van der Waals surface area contributed by atoms with E-state index in [0.29, 0.717) is 18.4 Å². The van der Waals surface area contributed by atoms with Crippen molar-refractivity contribution in [2.24, 2.45) is 5.41 Å². The summed E-state index contributed by atoms with van der Waals surface area (Å²) in [5.74, 6) is 0.331. The Morgan fingerprint density at radius 3 is 2.46 bits per heavy atom. The van der Waals surface area contributed by atoms with E-state index in [9.17, 15) is 4.79 Å². The van der Waals surface area contributed by atoms with Gasteiger partial charge in [0.1, 0.15) is 0 Å². The number of carbonyl (C=O) groups is 1. The Morgan fingerprint density at radius 2 is 2.08 bits per heavy atom. The molecule has 13 heavy (non-hydrogen) atoms. The van der Waals surface area contributed by atoms with Crippen molar-refractivity contribution < 1.29 is 4.79 Å². The summed E-state index contributed by atoms with van der Waals surface area (Å²) in [7, 11) is 0. The molecule has 2 heteroatoms. The van der Waals surface area contributed by atoms with Crippen LogP contribution in [0.5, 0.6) is 0 Å². The molecule has 0 aliphatic carbocycles. The highest BCUT2D eigenvalue weighted by atomic mass is 16.2. The Morgan fingerprint density at radius 1 is 1.46 bits per heavy atom. The Labute approximate surface area is 81.3 Å². The third kappa shape index (κ3) is 3.02. The maximum Gasteiger partial charge on any atom is 0.223 e. The largest absolute Gasteiger partial charge is 0.340 e. The van der Waals surface area contributed by atoms with E-state index in [-0.39, 0.29) is 5.41 Å². The van der Waals surface area contributed by atoms with Crippen molar-refractivity contribution in [1.29, 1.82) is 0 Å². The zero-order valence-corrected chi connectivity index (χ0v) is 9.26. The van der Waals surface area contributed by atoms with E-state index in [4.69, 9.17) is 0 Å². The molecule has 0 aromatic rings. The lowest BCUT2D eigenvalue weighted by Crippen LogP contribution is -2.35. The van der Waals surface area contributed by atoms with Gasteiger partial charge in [0.25, 0.3) is 0 Å². The molecule has 1 amide bonds. The standard InChI is InChI=1S/C11H21NO/c1-9-6-5-7-12(9)10(13)8-11(2,3)4/h9H,5-8H2,1-4H3. The highest BCUT2D eigenvalue weighted by Gasteiger charge is 2.27. The molecule has 1 fully saturated rings. The van der Waals surface area contributed by atoms with E-state index in [0.717, 1.165) is 6.54 Å². The lowest BCUT2D eigenvalue weighted by Gasteiger charge is -2.26. The number of rotatable bonds is 1. The van der Waals surface area contributed by atoms with Gasteiger partial charge in [-0.05, 0) is 25.2 Å². The van der Waals surface area contributed by atoms with Crippen LogP contribution in [0, 0.1) is 5.41 Å². The van der Waals surface area contributed by atoms with Crippen LogP contribution in [0.3, 0.4) is 0 Å². The van der Waals surface area contributed by atoms with Crippen molar-refractivity contribution >= 4 is 5.91 Å². The van der Waals surface area contributed by atoms with Gasteiger partial charge in [0.05, 0.1) is 0 Å². The minimum absolute atomic E-state index is 0.124. The van der Waals surface area contributed by atoms with E-state index in [2.05, 4.69) is 27.7 Å². The zero-order chi connectivity index (χ0) is 10.1. The second-order valence-electron chi connectivity index (χ2n) is 5.32. The topological polar surface area (TPSA) is 20.3 Å². The third-order valence-corrected chi connectivity index (χ3v) is 2.55. The van der Waals surface area contributed by atoms with Gasteiger partial charge in [0, 0.05) is 19.0 Å². The molecule has 1 atom stereocenters. The Balaban J connectivity index is 2.48. The van der Waals surface area contributed by atoms with Crippen molar-refractivity contribution in [2.75, 3.05) is 6.54 Å². The first-order valence-electron chi connectivity index (χ1n) is 5.19. The zero-order valence-electron chi connectivity index (χ0n) is 9.26. The van der Waals surface area contributed by atoms with Crippen LogP contribution < -0.4 is 0 Å². The predicted octanol–water partition coefficient (Wildman–Crippen LogP) is 2.43. The lowest BCUT2D eigenvalue weighted by molar-refractivity contribution is -0.133. The molecule has 76 valence electrons. The molecule has 1 aliphatic heterocycles. The summed E-state index contributed by atoms with van der Waals surface area (Å²) in [5.41, 5.74) is 0.124. The average Bonchev–Trinajstić information content (AvgIpc) is 2.30. The summed E-state index contributed by atoms with van der Waals surface area (Å²) in [6, 6.07) is 0.467. The van der Waals surface area contributed by atoms with Crippen molar-refractivity contribution in [1.82, 2.24) is 4.90 Å². The van der Waals surface area contributed by atoms with E-state index >= 15 is 0 Å². The van der Waals surface area contributed by atoms with Crippen molar-refractivity contribution in [3.05, 3.63) is 0 Å². The molecule has 0 aromatic carbocycles. The van der Waals surface area contributed by atoms with Crippen molar-refractivity contribution in [2.45, 2.75) is 53.0 Å². The number of likely N-dealkylation sites (tertiary alicyclic amines) is 1. The Hall–Kier alpha value is -0.530. The van der Waals surface area contributed by atoms with E-state index in [1.54, 1.807) is 0 Å². The fourth-order valence-corrected chi connectivity index (χ4v) is 1.86. The fourth-order valence-electron chi connectivity index (χ4n) is 1.86. The van der Waals surface area contributed by atoms with Crippen LogP contribution in [0.4, 0.5) is 0 Å². The highest BCUT2D eigenvalue weighted by Crippen LogP contribution is 2.24. The van der Waals surface area contributed by atoms with Crippen LogP contribution in [0.25, 0.3) is 0 Å². The van der Waals surface area contributed by atoms with Crippen LogP contribution in [-0.4, -0.2) is 23.4 Å². The molecule has 0 N–H and O–H groups in total. The molecule has 1 heterocycles. The monoisotopic (exact) mass is 183 g/mol. The summed E-state index contributed by atoms with van der Waals surface area (Å²) in [4.78, 5) is 13.8. The Kier molecular flexibility index (Phi) is 2.99. The minimum Gasteiger partial charge on any atom is -0.340 e. The third-order valence-electron chi connectivity index (χ3n) is 2.55. The molecule has 2 nitrogen and oxygen atoms in total. The molecular formula is C11H21NO. The quantitative estimate of drug-likeness (QED) is 0.611. The molecule has 0 saturated carbocycles. The lowest BCUT2D eigenvalue weighted by atomic mass is 9.91. The molecule has 0 bridgehead atoms. The van der Waals surface area contributed by atoms with Gasteiger partial charge in [0.2, 0.25) is 5.91 Å². The minimum atomic E-state index is 0.124. The van der Waals surface area contributed by atoms with Crippen molar-refractivity contribution in [3.8, 4) is 0 Å². The summed E-state index contributed by atoms with van der Waals surface area (Å²) < 4.78 is 0. The van der Waals surface area contributed by atoms with Crippen LogP contribution >= 0.6 is 0 Å². The number of nitrogens with zero attached hydrogens (tertiary/aromatic N) is 1. The second-order valence-corrected chi connectivity index (χ2v) is 5.32. The average molecular weight is 183 g/mol. The summed E-state index contributed by atoms with van der Waals surface area (Å²) in [6.45, 7) is 9.46. The predicted molar refractivity (Wildman–Crippen MR) is 54.5 cm³/mol. The molecular weight excluding hydrogens is 162 g/mol. The SMILES string of the molecule is CC1CCCN1C(=O)CC(C)(C)C. The van der Waals surface area contributed by atoms with Gasteiger partial charge in [-0.1, -0.05) is 20.8 Å². The Bertz CT molecular complexity index is 193. The fraction of sp³-hybridized carbons (Fsp3) is 0.909. The van der Waals surface area contributed by atoms with Gasteiger partial charge >= 0.3 is 0 Å². The van der Waals surface area contributed by atoms with Gasteiger partial charge in [-0.3, -0.25) is 4.79 Å². The highest BCUT2D eigenvalue weighted by molar-refractivity contribution is 5.77. The molecule has 1 rings (SSSR count). The molecule has 1 saturated heterocycles. The molecule has 0 spiro atoms. The summed E-state index contributed by atoms with van der Waals surface area (Å²) in [6.07, 6.45) is 3.03. The second kappa shape index (κ2) is 3.69. The molecule has 0 radical (unpaired) electrons. The smallest absolute Gasteiger partial charge is 0.223 e. The number of hydrogen-bond acceptors (Lipinski definition) is 1. The van der Waals surface area contributed by atoms with Gasteiger partial charge in [-0.15, -0.1) is 0 Å².